The molecule has 2 N–H and O–H groups in total. The molecule has 0 radical (unpaired) electrons. The monoisotopic (exact) mass is 456 g/mol. The first-order valence-corrected chi connectivity index (χ1v) is 11.8. The second-order valence-corrected chi connectivity index (χ2v) is 8.57. The van der Waals surface area contributed by atoms with Crippen molar-refractivity contribution in [1.29, 1.82) is 0 Å². The Labute approximate surface area is 195 Å². The Bertz CT molecular complexity index is 899. The summed E-state index contributed by atoms with van der Waals surface area (Å²) in [6.07, 6.45) is 1.93. The average Bonchev–Trinajstić information content (AvgIpc) is 2.83. The molecule has 6 nitrogen and oxygen atoms in total. The number of carbonyl (C=O) groups excluding carboxylic acids is 2. The highest BCUT2D eigenvalue weighted by atomic mass is 35.5. The second-order valence-electron chi connectivity index (χ2n) is 8.13. The molecule has 172 valence electrons. The Kier molecular flexibility index (Phi) is 8.94. The normalized spacial score (nSPS) is 16.1. The van der Waals surface area contributed by atoms with Crippen molar-refractivity contribution < 1.29 is 9.59 Å². The van der Waals surface area contributed by atoms with E-state index in [0.29, 0.717) is 23.7 Å². The van der Waals surface area contributed by atoms with Gasteiger partial charge in [0.2, 0.25) is 0 Å². The van der Waals surface area contributed by atoms with Crippen LogP contribution in [0.1, 0.15) is 48.5 Å². The third kappa shape index (κ3) is 6.71. The number of rotatable bonds is 8. The molecule has 1 heterocycles. The van der Waals surface area contributed by atoms with Crippen LogP contribution in [0.5, 0.6) is 0 Å². The molecule has 3 amide bonds. The standard InChI is InChI=1S/C25H33ClN4O2/c1-3-29(4-2)16-14-27-24(31)20-8-5-7-19(17-20)21-9-6-15-30(18-21)25(32)28-23-12-10-22(26)11-13-23/h5,7-8,10-13,17,21H,3-4,6,9,14-16,18H2,1-2H3,(H,27,31)(H,28,32)/t21-/m0/s1. The predicted molar refractivity (Wildman–Crippen MR) is 131 cm³/mol. The lowest BCUT2D eigenvalue weighted by Crippen LogP contribution is -2.41. The zero-order valence-corrected chi connectivity index (χ0v) is 19.7. The van der Waals surface area contributed by atoms with Crippen molar-refractivity contribution in [3.05, 3.63) is 64.7 Å². The first-order chi connectivity index (χ1) is 15.5. The number of hydrogen-bond donors (Lipinski definition) is 2. The summed E-state index contributed by atoms with van der Waals surface area (Å²) in [4.78, 5) is 29.5. The molecule has 0 aliphatic carbocycles. The molecule has 3 rings (SSSR count). The van der Waals surface area contributed by atoms with Crippen LogP contribution in [0, 0.1) is 0 Å². The van der Waals surface area contributed by atoms with Gasteiger partial charge in [-0.2, -0.15) is 0 Å². The highest BCUT2D eigenvalue weighted by Crippen LogP contribution is 2.28. The molecule has 1 saturated heterocycles. The van der Waals surface area contributed by atoms with E-state index in [9.17, 15) is 9.59 Å². The molecule has 2 aromatic carbocycles. The number of likely N-dealkylation sites (tertiary alicyclic amines) is 1. The molecule has 0 bridgehead atoms. The van der Waals surface area contributed by atoms with Gasteiger partial charge in [-0.15, -0.1) is 0 Å². The minimum Gasteiger partial charge on any atom is -0.351 e. The van der Waals surface area contributed by atoms with Crippen LogP contribution in [0.3, 0.4) is 0 Å². The molecule has 1 aliphatic rings. The van der Waals surface area contributed by atoms with Crippen LogP contribution in [0.25, 0.3) is 0 Å². The average molecular weight is 457 g/mol. The lowest BCUT2D eigenvalue weighted by Gasteiger charge is -2.33. The first-order valence-electron chi connectivity index (χ1n) is 11.4. The fourth-order valence-electron chi connectivity index (χ4n) is 4.07. The smallest absolute Gasteiger partial charge is 0.321 e. The second kappa shape index (κ2) is 11.9. The molecule has 2 aromatic rings. The van der Waals surface area contributed by atoms with E-state index in [1.807, 2.05) is 23.1 Å². The fraction of sp³-hybridized carbons (Fsp3) is 0.440. The molecular formula is C25H33ClN4O2. The van der Waals surface area contributed by atoms with E-state index in [1.54, 1.807) is 24.3 Å². The summed E-state index contributed by atoms with van der Waals surface area (Å²) < 4.78 is 0. The van der Waals surface area contributed by atoms with Gasteiger partial charge in [0.15, 0.2) is 0 Å². The summed E-state index contributed by atoms with van der Waals surface area (Å²) in [6.45, 7) is 9.03. The number of likely N-dealkylation sites (N-methyl/N-ethyl adjacent to an activating group) is 1. The van der Waals surface area contributed by atoms with Gasteiger partial charge in [-0.1, -0.05) is 37.6 Å². The number of hydrogen-bond acceptors (Lipinski definition) is 3. The minimum absolute atomic E-state index is 0.0489. The fourth-order valence-corrected chi connectivity index (χ4v) is 4.20. The van der Waals surface area contributed by atoms with Crippen molar-refractivity contribution in [3.8, 4) is 0 Å². The summed E-state index contributed by atoms with van der Waals surface area (Å²) in [6, 6.07) is 14.8. The summed E-state index contributed by atoms with van der Waals surface area (Å²) in [7, 11) is 0. The lowest BCUT2D eigenvalue weighted by molar-refractivity contribution is 0.0948. The van der Waals surface area contributed by atoms with Crippen molar-refractivity contribution in [1.82, 2.24) is 15.1 Å². The molecule has 32 heavy (non-hydrogen) atoms. The number of carbonyl (C=O) groups is 2. The summed E-state index contributed by atoms with van der Waals surface area (Å²) >= 11 is 5.92. The SMILES string of the molecule is CCN(CC)CCNC(=O)c1cccc([C@H]2CCCN(C(=O)Nc3ccc(Cl)cc3)C2)c1. The van der Waals surface area contributed by atoms with Crippen LogP contribution < -0.4 is 10.6 Å². The van der Waals surface area contributed by atoms with Crippen molar-refractivity contribution in [2.45, 2.75) is 32.6 Å². The number of piperidine rings is 1. The molecule has 1 aliphatic heterocycles. The maximum atomic E-state index is 12.7. The molecule has 0 spiro atoms. The van der Waals surface area contributed by atoms with Crippen LogP contribution in [0.2, 0.25) is 5.02 Å². The summed E-state index contributed by atoms with van der Waals surface area (Å²) in [5.74, 6) is 0.162. The maximum absolute atomic E-state index is 12.7. The van der Waals surface area contributed by atoms with E-state index >= 15 is 0 Å². The van der Waals surface area contributed by atoms with E-state index in [4.69, 9.17) is 11.6 Å². The number of benzene rings is 2. The molecule has 1 fully saturated rings. The van der Waals surface area contributed by atoms with E-state index in [-0.39, 0.29) is 17.9 Å². The quantitative estimate of drug-likeness (QED) is 0.598. The number of halogens is 1. The van der Waals surface area contributed by atoms with Gasteiger partial charge in [0.05, 0.1) is 0 Å². The Balaban J connectivity index is 1.58. The summed E-state index contributed by atoms with van der Waals surface area (Å²) in [5.41, 5.74) is 2.50. The first kappa shape index (κ1) is 24.1. The van der Waals surface area contributed by atoms with Crippen LogP contribution in [-0.2, 0) is 0 Å². The number of nitrogens with one attached hydrogen (secondary N) is 2. The number of nitrogens with zero attached hydrogens (tertiary/aromatic N) is 2. The van der Waals surface area contributed by atoms with Gasteiger partial charge in [0.1, 0.15) is 0 Å². The predicted octanol–water partition coefficient (Wildman–Crippen LogP) is 4.82. The largest absolute Gasteiger partial charge is 0.351 e. The lowest BCUT2D eigenvalue weighted by atomic mass is 9.89. The molecule has 7 heteroatoms. The Morgan fingerprint density at radius 1 is 1.12 bits per heavy atom. The van der Waals surface area contributed by atoms with E-state index in [1.165, 1.54) is 0 Å². The highest BCUT2D eigenvalue weighted by Gasteiger charge is 2.25. The van der Waals surface area contributed by atoms with Gasteiger partial charge in [-0.3, -0.25) is 4.79 Å². The number of amides is 3. The Hall–Kier alpha value is -2.57. The van der Waals surface area contributed by atoms with Crippen LogP contribution in [-0.4, -0.2) is 61.0 Å². The van der Waals surface area contributed by atoms with Gasteiger partial charge >= 0.3 is 6.03 Å². The van der Waals surface area contributed by atoms with Gasteiger partial charge in [-0.25, -0.2) is 4.79 Å². The van der Waals surface area contributed by atoms with Gasteiger partial charge in [-0.05, 0) is 67.9 Å². The topological polar surface area (TPSA) is 64.7 Å². The van der Waals surface area contributed by atoms with Gasteiger partial charge in [0.25, 0.3) is 5.91 Å². The van der Waals surface area contributed by atoms with Gasteiger partial charge in [0, 0.05) is 48.4 Å². The number of anilines is 1. The van der Waals surface area contributed by atoms with Crippen molar-refractivity contribution >= 4 is 29.2 Å². The van der Waals surface area contributed by atoms with Crippen molar-refractivity contribution in [2.75, 3.05) is 44.6 Å². The highest BCUT2D eigenvalue weighted by molar-refractivity contribution is 6.30. The molecule has 1 atom stereocenters. The molecule has 0 saturated carbocycles. The van der Waals surface area contributed by atoms with Crippen molar-refractivity contribution in [2.24, 2.45) is 0 Å². The molecular weight excluding hydrogens is 424 g/mol. The van der Waals surface area contributed by atoms with E-state index < -0.39 is 0 Å². The minimum atomic E-state index is -0.109. The van der Waals surface area contributed by atoms with Crippen LogP contribution in [0.4, 0.5) is 10.5 Å². The van der Waals surface area contributed by atoms with Crippen LogP contribution in [0.15, 0.2) is 48.5 Å². The van der Waals surface area contributed by atoms with Crippen LogP contribution >= 0.6 is 11.6 Å². The van der Waals surface area contributed by atoms with E-state index in [0.717, 1.165) is 50.3 Å². The van der Waals surface area contributed by atoms with Crippen molar-refractivity contribution in [3.63, 3.8) is 0 Å². The third-order valence-electron chi connectivity index (χ3n) is 6.03. The van der Waals surface area contributed by atoms with E-state index in [2.05, 4.69) is 35.4 Å². The Morgan fingerprint density at radius 2 is 1.88 bits per heavy atom. The zero-order valence-electron chi connectivity index (χ0n) is 18.9. The number of urea groups is 1. The molecule has 0 aromatic heterocycles. The third-order valence-corrected chi connectivity index (χ3v) is 6.28. The molecule has 0 unspecified atom stereocenters. The summed E-state index contributed by atoms with van der Waals surface area (Å²) in [5, 5.41) is 6.60. The van der Waals surface area contributed by atoms with Gasteiger partial charge < -0.3 is 20.4 Å². The zero-order chi connectivity index (χ0) is 22.9. The Morgan fingerprint density at radius 3 is 2.59 bits per heavy atom. The maximum Gasteiger partial charge on any atom is 0.321 e.